The summed E-state index contributed by atoms with van der Waals surface area (Å²) in [5.41, 5.74) is 0.0666. The normalized spacial score (nSPS) is 11.2. The number of rotatable bonds is 3. The van der Waals surface area contributed by atoms with Gasteiger partial charge in [-0.05, 0) is 29.8 Å². The molecule has 0 fully saturated rings. The van der Waals surface area contributed by atoms with E-state index in [9.17, 15) is 19.3 Å². The number of benzene rings is 2. The molecule has 0 unspecified atom stereocenters. The van der Waals surface area contributed by atoms with E-state index in [0.717, 1.165) is 0 Å². The predicted molar refractivity (Wildman–Crippen MR) is 82.3 cm³/mol. The third kappa shape index (κ3) is 3.13. The average molecular weight is 312 g/mol. The van der Waals surface area contributed by atoms with Gasteiger partial charge in [0.15, 0.2) is 0 Å². The van der Waals surface area contributed by atoms with Gasteiger partial charge < -0.3 is 4.42 Å². The number of nitro benzene ring substituents is 1. The molecule has 0 saturated heterocycles. The number of non-ortho nitro benzene ring substituents is 1. The number of halogens is 1. The molecule has 1 aromatic heterocycles. The Morgan fingerprint density at radius 1 is 1.13 bits per heavy atom. The Labute approximate surface area is 128 Å². The molecule has 0 atom stereocenters. The van der Waals surface area contributed by atoms with Gasteiger partial charge in [0.25, 0.3) is 5.69 Å². The fraction of sp³-hybridized carbons (Fsp3) is 0. The first-order valence-electron chi connectivity index (χ1n) is 6.56. The molecular formula is C16H9FN2O4. The van der Waals surface area contributed by atoms with Gasteiger partial charge in [0.2, 0.25) is 5.89 Å². The molecule has 1 heterocycles. The molecule has 0 bridgehead atoms. The summed E-state index contributed by atoms with van der Waals surface area (Å²) in [5, 5.41) is 10.9. The van der Waals surface area contributed by atoms with Crippen LogP contribution in [0.4, 0.5) is 10.1 Å². The van der Waals surface area contributed by atoms with Crippen LogP contribution in [0.2, 0.25) is 0 Å². The average Bonchev–Trinajstić information content (AvgIpc) is 2.54. The molecular weight excluding hydrogens is 303 g/mol. The first-order valence-corrected chi connectivity index (χ1v) is 6.56. The highest BCUT2D eigenvalue weighted by Crippen LogP contribution is 2.18. The van der Waals surface area contributed by atoms with Gasteiger partial charge in [0, 0.05) is 18.2 Å². The van der Waals surface area contributed by atoms with Crippen LogP contribution in [-0.2, 0) is 0 Å². The zero-order chi connectivity index (χ0) is 16.4. The minimum Gasteiger partial charge on any atom is -0.404 e. The van der Waals surface area contributed by atoms with Crippen LogP contribution in [0.3, 0.4) is 0 Å². The van der Waals surface area contributed by atoms with Crippen molar-refractivity contribution < 1.29 is 13.7 Å². The Morgan fingerprint density at radius 2 is 1.87 bits per heavy atom. The molecule has 0 amide bonds. The first kappa shape index (κ1) is 14.6. The first-order chi connectivity index (χ1) is 11.0. The van der Waals surface area contributed by atoms with E-state index in [4.69, 9.17) is 4.42 Å². The summed E-state index contributed by atoms with van der Waals surface area (Å²) in [6.45, 7) is 0. The van der Waals surface area contributed by atoms with Crippen LogP contribution in [0.25, 0.3) is 23.1 Å². The number of nitro groups is 1. The van der Waals surface area contributed by atoms with E-state index in [1.165, 1.54) is 36.4 Å². The van der Waals surface area contributed by atoms with Crippen molar-refractivity contribution in [2.45, 2.75) is 0 Å². The lowest BCUT2D eigenvalue weighted by molar-refractivity contribution is -0.384. The van der Waals surface area contributed by atoms with Gasteiger partial charge in [-0.2, -0.15) is 0 Å². The maximum Gasteiger partial charge on any atom is 0.347 e. The summed E-state index contributed by atoms with van der Waals surface area (Å²) >= 11 is 0. The molecule has 0 aliphatic heterocycles. The Bertz CT molecular complexity index is 978. The second-order valence-electron chi connectivity index (χ2n) is 4.68. The maximum atomic E-state index is 12.8. The van der Waals surface area contributed by atoms with Crippen LogP contribution in [0, 0.1) is 15.9 Å². The lowest BCUT2D eigenvalue weighted by atomic mass is 10.2. The van der Waals surface area contributed by atoms with Gasteiger partial charge in [-0.1, -0.05) is 12.1 Å². The van der Waals surface area contributed by atoms with Crippen LogP contribution < -0.4 is 5.63 Å². The van der Waals surface area contributed by atoms with E-state index in [1.807, 2.05) is 0 Å². The van der Waals surface area contributed by atoms with Crippen LogP contribution in [-0.4, -0.2) is 9.91 Å². The number of nitrogens with zero attached hydrogens (tertiary/aromatic N) is 2. The largest absolute Gasteiger partial charge is 0.404 e. The molecule has 2 aromatic carbocycles. The van der Waals surface area contributed by atoms with Gasteiger partial charge in [0.1, 0.15) is 5.82 Å². The summed E-state index contributed by atoms with van der Waals surface area (Å²) < 4.78 is 17.9. The minimum absolute atomic E-state index is 0.00678. The van der Waals surface area contributed by atoms with E-state index in [1.54, 1.807) is 18.2 Å². The minimum atomic E-state index is -0.636. The molecule has 23 heavy (non-hydrogen) atoms. The van der Waals surface area contributed by atoms with Crippen molar-refractivity contribution in [3.8, 4) is 0 Å². The van der Waals surface area contributed by atoms with Crippen molar-refractivity contribution in [1.29, 1.82) is 0 Å². The van der Waals surface area contributed by atoms with Crippen molar-refractivity contribution in [3.63, 3.8) is 0 Å². The molecule has 0 saturated carbocycles. The van der Waals surface area contributed by atoms with Crippen LogP contribution in [0.15, 0.2) is 51.7 Å². The van der Waals surface area contributed by atoms with Crippen molar-refractivity contribution >= 4 is 28.7 Å². The molecule has 3 rings (SSSR count). The van der Waals surface area contributed by atoms with Gasteiger partial charge in [0.05, 0.1) is 15.8 Å². The molecule has 0 aliphatic rings. The van der Waals surface area contributed by atoms with E-state index in [0.29, 0.717) is 5.56 Å². The van der Waals surface area contributed by atoms with Gasteiger partial charge >= 0.3 is 5.63 Å². The fourth-order valence-corrected chi connectivity index (χ4v) is 2.00. The summed E-state index contributed by atoms with van der Waals surface area (Å²) in [7, 11) is 0. The third-order valence-corrected chi connectivity index (χ3v) is 3.13. The standard InChI is InChI=1S/C16H9FN2O4/c17-11-4-1-10(2-5-11)3-8-15-18-14-9-12(19(21)22)6-7-13(14)16(20)23-15/h1-9H/b8-3+. The molecule has 6 nitrogen and oxygen atoms in total. The van der Waals surface area contributed by atoms with Crippen molar-refractivity contribution in [3.05, 3.63) is 80.3 Å². The lowest BCUT2D eigenvalue weighted by Gasteiger charge is -1.98. The predicted octanol–water partition coefficient (Wildman–Crippen LogP) is 3.41. The van der Waals surface area contributed by atoms with Gasteiger partial charge in [-0.3, -0.25) is 10.1 Å². The Kier molecular flexibility index (Phi) is 3.68. The van der Waals surface area contributed by atoms with Crippen molar-refractivity contribution in [2.24, 2.45) is 0 Å². The highest BCUT2D eigenvalue weighted by atomic mass is 19.1. The SMILES string of the molecule is O=c1oc(/C=C/c2ccc(F)cc2)nc2cc([N+](=O)[O-])ccc12. The van der Waals surface area contributed by atoms with E-state index in [-0.39, 0.29) is 28.3 Å². The molecule has 0 spiro atoms. The monoisotopic (exact) mass is 312 g/mol. The fourth-order valence-electron chi connectivity index (χ4n) is 2.00. The zero-order valence-electron chi connectivity index (χ0n) is 11.6. The van der Waals surface area contributed by atoms with Crippen molar-refractivity contribution in [2.75, 3.05) is 0 Å². The topological polar surface area (TPSA) is 86.2 Å². The number of hydrogen-bond acceptors (Lipinski definition) is 5. The Morgan fingerprint density at radius 3 is 2.57 bits per heavy atom. The summed E-state index contributed by atoms with van der Waals surface area (Å²) in [6, 6.07) is 9.43. The Balaban J connectivity index is 2.02. The second kappa shape index (κ2) is 5.80. The lowest BCUT2D eigenvalue weighted by Crippen LogP contribution is -2.03. The quantitative estimate of drug-likeness (QED) is 0.546. The van der Waals surface area contributed by atoms with Crippen LogP contribution in [0.1, 0.15) is 11.5 Å². The Hall–Kier alpha value is -3.35. The highest BCUT2D eigenvalue weighted by Gasteiger charge is 2.10. The van der Waals surface area contributed by atoms with Gasteiger partial charge in [-0.15, -0.1) is 0 Å². The second-order valence-corrected chi connectivity index (χ2v) is 4.68. The smallest absolute Gasteiger partial charge is 0.347 e. The highest BCUT2D eigenvalue weighted by molar-refractivity contribution is 5.80. The van der Waals surface area contributed by atoms with Crippen LogP contribution >= 0.6 is 0 Å². The van der Waals surface area contributed by atoms with E-state index in [2.05, 4.69) is 4.98 Å². The molecule has 0 radical (unpaired) electrons. The maximum absolute atomic E-state index is 12.8. The molecule has 0 N–H and O–H groups in total. The summed E-state index contributed by atoms with van der Waals surface area (Å²) in [6.07, 6.45) is 3.03. The zero-order valence-corrected chi connectivity index (χ0v) is 11.6. The number of aromatic nitrogens is 1. The van der Waals surface area contributed by atoms with Crippen LogP contribution in [0.5, 0.6) is 0 Å². The third-order valence-electron chi connectivity index (χ3n) is 3.13. The summed E-state index contributed by atoms with van der Waals surface area (Å²) in [5.74, 6) is -0.350. The number of hydrogen-bond donors (Lipinski definition) is 0. The summed E-state index contributed by atoms with van der Waals surface area (Å²) in [4.78, 5) is 26.2. The molecule has 3 aromatic rings. The van der Waals surface area contributed by atoms with Crippen molar-refractivity contribution in [1.82, 2.24) is 4.98 Å². The number of fused-ring (bicyclic) bond motifs is 1. The van der Waals surface area contributed by atoms with E-state index >= 15 is 0 Å². The molecule has 0 aliphatic carbocycles. The van der Waals surface area contributed by atoms with Gasteiger partial charge in [-0.25, -0.2) is 14.2 Å². The molecule has 7 heteroatoms. The van der Waals surface area contributed by atoms with E-state index < -0.39 is 10.5 Å². The molecule has 114 valence electrons.